The Kier molecular flexibility index (Phi) is 6.48. The van der Waals surface area contributed by atoms with Gasteiger partial charge in [0.15, 0.2) is 0 Å². The molecule has 158 valence electrons. The van der Waals surface area contributed by atoms with E-state index in [1.165, 1.54) is 16.9 Å². The largest absolute Gasteiger partial charge is 0.497 e. The zero-order valence-electron chi connectivity index (χ0n) is 17.6. The summed E-state index contributed by atoms with van der Waals surface area (Å²) >= 11 is 1.39. The number of aromatic amines is 1. The Labute approximate surface area is 185 Å². The van der Waals surface area contributed by atoms with E-state index >= 15 is 0 Å². The van der Waals surface area contributed by atoms with Gasteiger partial charge in [-0.15, -0.1) is 11.3 Å². The van der Waals surface area contributed by atoms with Crippen LogP contribution >= 0.6 is 11.3 Å². The molecule has 4 aromatic rings. The van der Waals surface area contributed by atoms with E-state index in [2.05, 4.69) is 40.6 Å². The maximum Gasteiger partial charge on any atom is 0.281 e. The fourth-order valence-corrected chi connectivity index (χ4v) is 4.15. The van der Waals surface area contributed by atoms with Crippen molar-refractivity contribution in [2.24, 2.45) is 5.10 Å². The van der Waals surface area contributed by atoms with Crippen molar-refractivity contribution >= 4 is 34.4 Å². The first kappa shape index (κ1) is 20.9. The van der Waals surface area contributed by atoms with Gasteiger partial charge in [0.05, 0.1) is 23.9 Å². The molecule has 4 rings (SSSR count). The molecule has 6 heteroatoms. The number of carbonyl (C=O) groups is 1. The molecule has 2 aromatic carbocycles. The highest BCUT2D eigenvalue weighted by Crippen LogP contribution is 2.31. The molecule has 0 radical (unpaired) electrons. The van der Waals surface area contributed by atoms with E-state index in [4.69, 9.17) is 4.74 Å². The molecule has 0 unspecified atom stereocenters. The molecule has 2 heterocycles. The highest BCUT2D eigenvalue weighted by Gasteiger charge is 2.13. The SMILES string of the molecule is CCCCc1ccc2[nH]c(-c3ccc(OC)cc3)c(C=NNC(=O)c3cccs3)c2c1. The van der Waals surface area contributed by atoms with Crippen LogP contribution in [0.5, 0.6) is 5.75 Å². The van der Waals surface area contributed by atoms with E-state index in [0.29, 0.717) is 4.88 Å². The van der Waals surface area contributed by atoms with Gasteiger partial charge in [-0.05, 0) is 71.8 Å². The number of hydrogen-bond acceptors (Lipinski definition) is 4. The normalized spacial score (nSPS) is 11.3. The molecule has 2 aromatic heterocycles. The summed E-state index contributed by atoms with van der Waals surface area (Å²) in [6.45, 7) is 2.20. The number of nitrogens with one attached hydrogen (secondary N) is 2. The predicted molar refractivity (Wildman–Crippen MR) is 128 cm³/mol. The monoisotopic (exact) mass is 431 g/mol. The Morgan fingerprint density at radius 2 is 2.03 bits per heavy atom. The molecule has 0 aliphatic rings. The second-order valence-corrected chi connectivity index (χ2v) is 8.25. The maximum absolute atomic E-state index is 12.3. The van der Waals surface area contributed by atoms with Crippen LogP contribution in [0, 0.1) is 0 Å². The van der Waals surface area contributed by atoms with Gasteiger partial charge in [0.25, 0.3) is 5.91 Å². The molecule has 0 saturated heterocycles. The number of fused-ring (bicyclic) bond motifs is 1. The zero-order chi connectivity index (χ0) is 21.6. The minimum Gasteiger partial charge on any atom is -0.497 e. The van der Waals surface area contributed by atoms with Gasteiger partial charge in [0.2, 0.25) is 0 Å². The standard InChI is InChI=1S/C25H25N3O2S/c1-3-4-6-17-8-13-22-20(15-17)21(16-26-28-25(29)23-7-5-14-31-23)24(27-22)18-9-11-19(30-2)12-10-18/h5,7-16,27H,3-4,6H2,1-2H3,(H,28,29). The molecular formula is C25H25N3O2S. The number of nitrogens with zero attached hydrogens (tertiary/aromatic N) is 1. The number of rotatable bonds is 8. The number of carbonyl (C=O) groups excluding carboxylic acids is 1. The lowest BCUT2D eigenvalue weighted by atomic mass is 10.0. The fourth-order valence-electron chi connectivity index (χ4n) is 3.53. The lowest BCUT2D eigenvalue weighted by molar-refractivity contribution is 0.0959. The molecule has 0 fully saturated rings. The lowest BCUT2D eigenvalue weighted by Gasteiger charge is -2.04. The molecule has 31 heavy (non-hydrogen) atoms. The van der Waals surface area contributed by atoms with Gasteiger partial charge >= 0.3 is 0 Å². The third kappa shape index (κ3) is 4.70. The van der Waals surface area contributed by atoms with Crippen LogP contribution in [0.3, 0.4) is 0 Å². The molecule has 0 bridgehead atoms. The smallest absolute Gasteiger partial charge is 0.281 e. The van der Waals surface area contributed by atoms with Crippen molar-refractivity contribution in [3.63, 3.8) is 0 Å². The predicted octanol–water partition coefficient (Wildman–Crippen LogP) is 6.01. The van der Waals surface area contributed by atoms with Crippen molar-refractivity contribution in [1.82, 2.24) is 10.4 Å². The van der Waals surface area contributed by atoms with Crippen LogP contribution in [0.15, 0.2) is 65.1 Å². The summed E-state index contributed by atoms with van der Waals surface area (Å²) < 4.78 is 5.29. The number of ether oxygens (including phenoxy) is 1. The molecule has 0 saturated carbocycles. The number of hydrogen-bond donors (Lipinski definition) is 2. The van der Waals surface area contributed by atoms with Gasteiger partial charge in [-0.2, -0.15) is 5.10 Å². The second kappa shape index (κ2) is 9.62. The zero-order valence-corrected chi connectivity index (χ0v) is 18.5. The number of thiophene rings is 1. The molecule has 1 amide bonds. The van der Waals surface area contributed by atoms with Crippen molar-refractivity contribution in [3.8, 4) is 17.0 Å². The number of unbranched alkanes of at least 4 members (excludes halogenated alkanes) is 1. The van der Waals surface area contributed by atoms with Gasteiger partial charge in [-0.3, -0.25) is 4.79 Å². The van der Waals surface area contributed by atoms with E-state index in [1.807, 2.05) is 35.7 Å². The van der Waals surface area contributed by atoms with Gasteiger partial charge in [-0.1, -0.05) is 25.5 Å². The second-order valence-electron chi connectivity index (χ2n) is 7.30. The summed E-state index contributed by atoms with van der Waals surface area (Å²) in [6.07, 6.45) is 5.08. The number of amides is 1. The van der Waals surface area contributed by atoms with E-state index in [-0.39, 0.29) is 5.91 Å². The topological polar surface area (TPSA) is 66.5 Å². The van der Waals surface area contributed by atoms with Gasteiger partial charge in [0, 0.05) is 16.5 Å². The van der Waals surface area contributed by atoms with Crippen LogP contribution < -0.4 is 10.2 Å². The van der Waals surface area contributed by atoms with Gasteiger partial charge in [0.1, 0.15) is 5.75 Å². The highest BCUT2D eigenvalue weighted by molar-refractivity contribution is 7.12. The summed E-state index contributed by atoms with van der Waals surface area (Å²) in [7, 11) is 1.66. The number of hydrazone groups is 1. The first-order valence-corrected chi connectivity index (χ1v) is 11.2. The van der Waals surface area contributed by atoms with E-state index in [9.17, 15) is 4.79 Å². The van der Waals surface area contributed by atoms with Crippen molar-refractivity contribution in [1.29, 1.82) is 0 Å². The van der Waals surface area contributed by atoms with Crippen LogP contribution in [-0.2, 0) is 6.42 Å². The summed E-state index contributed by atoms with van der Waals surface area (Å²) in [4.78, 5) is 16.4. The van der Waals surface area contributed by atoms with Crippen molar-refractivity contribution in [3.05, 3.63) is 76.0 Å². The Morgan fingerprint density at radius 1 is 1.19 bits per heavy atom. The number of aryl methyl sites for hydroxylation is 1. The summed E-state index contributed by atoms with van der Waals surface area (Å²) in [5, 5.41) is 7.23. The van der Waals surface area contributed by atoms with Crippen LogP contribution in [0.25, 0.3) is 22.2 Å². The number of H-pyrrole nitrogens is 1. The van der Waals surface area contributed by atoms with Crippen LogP contribution in [0.2, 0.25) is 0 Å². The minimum atomic E-state index is -0.208. The Bertz CT molecular complexity index is 1190. The Hall–Kier alpha value is -3.38. The van der Waals surface area contributed by atoms with Crippen LogP contribution in [0.4, 0.5) is 0 Å². The van der Waals surface area contributed by atoms with E-state index in [1.54, 1.807) is 19.4 Å². The Morgan fingerprint density at radius 3 is 2.74 bits per heavy atom. The summed E-state index contributed by atoms with van der Waals surface area (Å²) in [5.74, 6) is 0.598. The van der Waals surface area contributed by atoms with Crippen LogP contribution in [-0.4, -0.2) is 24.2 Å². The number of methoxy groups -OCH3 is 1. The first-order chi connectivity index (χ1) is 15.2. The first-order valence-electron chi connectivity index (χ1n) is 10.4. The van der Waals surface area contributed by atoms with Crippen molar-refractivity contribution in [2.75, 3.05) is 7.11 Å². The quantitative estimate of drug-likeness (QED) is 0.265. The lowest BCUT2D eigenvalue weighted by Crippen LogP contribution is -2.16. The van der Waals surface area contributed by atoms with Crippen molar-refractivity contribution < 1.29 is 9.53 Å². The third-order valence-corrected chi connectivity index (χ3v) is 6.07. The maximum atomic E-state index is 12.3. The molecular weight excluding hydrogens is 406 g/mol. The van der Waals surface area contributed by atoms with Crippen LogP contribution in [0.1, 0.15) is 40.6 Å². The molecule has 5 nitrogen and oxygen atoms in total. The van der Waals surface area contributed by atoms with Gasteiger partial charge in [-0.25, -0.2) is 5.43 Å². The summed E-state index contributed by atoms with van der Waals surface area (Å²) in [6, 6.07) is 18.1. The van der Waals surface area contributed by atoms with Crippen molar-refractivity contribution in [2.45, 2.75) is 26.2 Å². The summed E-state index contributed by atoms with van der Waals surface area (Å²) in [5.41, 5.74) is 7.91. The highest BCUT2D eigenvalue weighted by atomic mass is 32.1. The molecule has 0 atom stereocenters. The molecule has 2 N–H and O–H groups in total. The fraction of sp³-hybridized carbons (Fsp3) is 0.200. The molecule has 0 aliphatic heterocycles. The van der Waals surface area contributed by atoms with E-state index < -0.39 is 0 Å². The number of aromatic nitrogens is 1. The number of benzene rings is 2. The van der Waals surface area contributed by atoms with E-state index in [0.717, 1.165) is 52.7 Å². The molecule has 0 aliphatic carbocycles. The minimum absolute atomic E-state index is 0.208. The van der Waals surface area contributed by atoms with Gasteiger partial charge < -0.3 is 9.72 Å². The molecule has 0 spiro atoms. The Balaban J connectivity index is 1.72. The third-order valence-electron chi connectivity index (χ3n) is 5.21. The average Bonchev–Trinajstić information content (AvgIpc) is 3.46. The average molecular weight is 432 g/mol.